The molecule has 13 nitrogen and oxygen atoms in total. The van der Waals surface area contributed by atoms with E-state index in [2.05, 4.69) is 0 Å². The summed E-state index contributed by atoms with van der Waals surface area (Å²) in [5.41, 5.74) is 0. The summed E-state index contributed by atoms with van der Waals surface area (Å²) in [4.78, 5) is 0. The summed E-state index contributed by atoms with van der Waals surface area (Å²) < 4.78 is 102. The van der Waals surface area contributed by atoms with Gasteiger partial charge >= 0.3 is 16.8 Å². The fourth-order valence-electron chi connectivity index (χ4n) is 0. The molecule has 17 heavy (non-hydrogen) atoms. The first-order chi connectivity index (χ1) is 6.00. The van der Waals surface area contributed by atoms with E-state index in [1.807, 2.05) is 0 Å². The molecule has 0 atom stereocenters. The normalized spacial score (nSPS) is 10.2. The molecule has 0 saturated heterocycles. The molecule has 0 aromatic rings. The van der Waals surface area contributed by atoms with Gasteiger partial charge in [0.05, 0.1) is 0 Å². The van der Waals surface area contributed by atoms with Crippen molar-refractivity contribution in [3.63, 3.8) is 0 Å². The van der Waals surface area contributed by atoms with E-state index in [-0.39, 0.29) is 22.9 Å². The quantitative estimate of drug-likeness (QED) is 0.321. The second-order valence-electron chi connectivity index (χ2n) is 1.22. The van der Waals surface area contributed by atoms with Gasteiger partial charge in [-0.2, -0.15) is 0 Å². The molecule has 0 spiro atoms. The second-order valence-corrected chi connectivity index (χ2v) is 3.67. The first-order valence-electron chi connectivity index (χ1n) is 2.00. The average molecular weight is 365 g/mol. The molecule has 0 fully saturated rings. The SMILES string of the molecule is O=S(=O)([O-])[O-].O=S(=O)([O-])[O-].O=S(=O)([O-])[O-].[Co+5].[NH4+]. The predicted molar refractivity (Wildman–Crippen MR) is 37.4 cm³/mol. The van der Waals surface area contributed by atoms with Gasteiger partial charge in [0.2, 0.25) is 0 Å². The van der Waals surface area contributed by atoms with Crippen LogP contribution in [0, 0.1) is 0 Å². The van der Waals surface area contributed by atoms with Gasteiger partial charge < -0.3 is 33.5 Å². The third kappa shape index (κ3) is 544000. The van der Waals surface area contributed by atoms with E-state index in [1.54, 1.807) is 0 Å². The van der Waals surface area contributed by atoms with Gasteiger partial charge in [0, 0.05) is 31.2 Å². The molecule has 0 aromatic heterocycles. The van der Waals surface area contributed by atoms with Gasteiger partial charge in [0.15, 0.2) is 0 Å². The summed E-state index contributed by atoms with van der Waals surface area (Å²) in [6.07, 6.45) is 0. The molecule has 17 heteroatoms. The van der Waals surface area contributed by atoms with Crippen molar-refractivity contribution in [2.45, 2.75) is 0 Å². The molecule has 0 heterocycles. The van der Waals surface area contributed by atoms with Crippen molar-refractivity contribution >= 4 is 31.2 Å². The van der Waals surface area contributed by atoms with Crippen molar-refractivity contribution in [1.82, 2.24) is 6.15 Å². The van der Waals surface area contributed by atoms with Gasteiger partial charge in [-0.15, -0.1) is 0 Å². The van der Waals surface area contributed by atoms with Gasteiger partial charge in [-0.3, -0.25) is 25.3 Å². The maximum absolute atomic E-state index is 8.52. The fraction of sp³-hybridized carbons (Fsp3) is 0. The summed E-state index contributed by atoms with van der Waals surface area (Å²) in [5, 5.41) is 0. The Morgan fingerprint density at radius 2 is 0.471 bits per heavy atom. The molecule has 4 N–H and O–H groups in total. The van der Waals surface area contributed by atoms with Crippen LogP contribution in [0.4, 0.5) is 0 Å². The van der Waals surface area contributed by atoms with Crippen LogP contribution in [0.15, 0.2) is 0 Å². The summed E-state index contributed by atoms with van der Waals surface area (Å²) >= 11 is 0. The molecule has 0 saturated carbocycles. The number of hydrogen-bond acceptors (Lipinski definition) is 12. The Morgan fingerprint density at radius 1 is 0.471 bits per heavy atom. The minimum atomic E-state index is -5.17. The van der Waals surface area contributed by atoms with Crippen LogP contribution in [0.25, 0.3) is 0 Å². The maximum atomic E-state index is 8.52. The molecule has 0 aliphatic heterocycles. The topological polar surface area (TPSA) is 277 Å². The van der Waals surface area contributed by atoms with E-state index in [9.17, 15) is 0 Å². The summed E-state index contributed by atoms with van der Waals surface area (Å²) in [5.74, 6) is 0. The molecule has 0 radical (unpaired) electrons. The van der Waals surface area contributed by atoms with Gasteiger partial charge in [-0.25, -0.2) is 0 Å². The minimum Gasteiger partial charge on any atom is -0.759 e. The minimum absolute atomic E-state index is 0. The first-order valence-corrected chi connectivity index (χ1v) is 6.00. The van der Waals surface area contributed by atoms with Crippen molar-refractivity contribution < 1.29 is 69.3 Å². The van der Waals surface area contributed by atoms with Crippen molar-refractivity contribution in [2.75, 3.05) is 0 Å². The Morgan fingerprint density at radius 3 is 0.471 bits per heavy atom. The van der Waals surface area contributed by atoms with E-state index in [1.165, 1.54) is 0 Å². The molecule has 0 rings (SSSR count). The Hall–Kier alpha value is 0.0765. The molecule has 108 valence electrons. The van der Waals surface area contributed by atoms with Crippen LogP contribution in [0.1, 0.15) is 0 Å². The number of quaternary nitrogens is 1. The number of rotatable bonds is 0. The van der Waals surface area contributed by atoms with Crippen LogP contribution in [0.3, 0.4) is 0 Å². The Kier molecular flexibility index (Phi) is 19.9. The predicted octanol–water partition coefficient (Wildman–Crippen LogP) is -3.64. The molecule has 0 amide bonds. The Balaban J connectivity index is -0.0000000400. The zero-order chi connectivity index (χ0) is 13.5. The molecule has 0 bridgehead atoms. The summed E-state index contributed by atoms with van der Waals surface area (Å²) in [6, 6.07) is 0. The van der Waals surface area contributed by atoms with Gasteiger partial charge in [0.1, 0.15) is 0 Å². The molecule has 0 unspecified atom stereocenters. The van der Waals surface area contributed by atoms with Gasteiger partial charge in [0.25, 0.3) is 0 Å². The zero-order valence-corrected chi connectivity index (χ0v) is 10.9. The van der Waals surface area contributed by atoms with E-state index in [4.69, 9.17) is 52.6 Å². The molecule has 0 aromatic carbocycles. The van der Waals surface area contributed by atoms with Crippen LogP contribution in [-0.2, 0) is 48.0 Å². The van der Waals surface area contributed by atoms with Crippen molar-refractivity contribution in [3.05, 3.63) is 0 Å². The van der Waals surface area contributed by atoms with Crippen molar-refractivity contribution in [3.8, 4) is 0 Å². The van der Waals surface area contributed by atoms with Crippen LogP contribution in [0.5, 0.6) is 0 Å². The Bertz CT molecular complexity index is 343. The van der Waals surface area contributed by atoms with E-state index >= 15 is 0 Å². The van der Waals surface area contributed by atoms with E-state index in [0.717, 1.165) is 0 Å². The van der Waals surface area contributed by atoms with Crippen LogP contribution < -0.4 is 6.15 Å². The van der Waals surface area contributed by atoms with Crippen LogP contribution >= 0.6 is 0 Å². The third-order valence-corrected chi connectivity index (χ3v) is 0. The van der Waals surface area contributed by atoms with Crippen LogP contribution in [-0.4, -0.2) is 52.6 Å². The van der Waals surface area contributed by atoms with Crippen molar-refractivity contribution in [1.29, 1.82) is 0 Å². The van der Waals surface area contributed by atoms with E-state index < -0.39 is 31.2 Å². The standard InChI is InChI=1S/Co.H3N.3H2O4S/c;;3*1-5(2,3)4/h;1H3;3*(H2,1,2,3,4)/q+5;;;;/p-5. The maximum Gasteiger partial charge on any atom is 5.00 e. The molecular weight excluding hydrogens is 361 g/mol. The smallest absolute Gasteiger partial charge is 0.759 e. The molecular formula is H4CoNO12S3. The summed E-state index contributed by atoms with van der Waals surface area (Å²) in [6.45, 7) is 0. The van der Waals surface area contributed by atoms with Gasteiger partial charge in [-0.1, -0.05) is 0 Å². The number of hydrogen-bond donors (Lipinski definition) is 1. The fourth-order valence-corrected chi connectivity index (χ4v) is 0. The zero-order valence-electron chi connectivity index (χ0n) is 7.46. The van der Waals surface area contributed by atoms with Crippen LogP contribution in [0.2, 0.25) is 0 Å². The monoisotopic (exact) mass is 365 g/mol. The first kappa shape index (κ1) is 30.3. The van der Waals surface area contributed by atoms with Gasteiger partial charge in [-0.05, 0) is 0 Å². The third-order valence-electron chi connectivity index (χ3n) is 0. The van der Waals surface area contributed by atoms with E-state index in [0.29, 0.717) is 0 Å². The molecule has 0 aliphatic rings. The Labute approximate surface area is 107 Å². The summed E-state index contributed by atoms with van der Waals surface area (Å²) in [7, 11) is -15.5. The second kappa shape index (κ2) is 11.2. The van der Waals surface area contributed by atoms with Crippen molar-refractivity contribution in [2.24, 2.45) is 0 Å². The average Bonchev–Trinajstić information content (AvgIpc) is 1.41. The largest absolute Gasteiger partial charge is 5.00 e. The molecule has 0 aliphatic carbocycles.